The monoisotopic (exact) mass is 379 g/mol. The van der Waals surface area contributed by atoms with E-state index in [1.165, 1.54) is 11.0 Å². The first-order chi connectivity index (χ1) is 12.3. The molecule has 1 amide bonds. The van der Waals surface area contributed by atoms with E-state index in [1.54, 1.807) is 26.1 Å². The Labute approximate surface area is 155 Å². The largest absolute Gasteiger partial charge is 0.486 e. The molecule has 1 aromatic carbocycles. The number of amides is 1. The summed E-state index contributed by atoms with van der Waals surface area (Å²) < 4.78 is 16.4. The predicted octanol–water partition coefficient (Wildman–Crippen LogP) is 2.91. The predicted molar refractivity (Wildman–Crippen MR) is 93.0 cm³/mol. The average Bonchev–Trinajstić information content (AvgIpc) is 2.95. The lowest BCUT2D eigenvalue weighted by molar-refractivity contribution is -0.129. The SMILES string of the molecule is Cc1oc(CN(C)C(=O)Cc2cc(Cl)c3c(c2)OCCO3)cc1C(=O)O. The number of carbonyl (C=O) groups is 2. The lowest BCUT2D eigenvalue weighted by Crippen LogP contribution is -2.27. The molecule has 1 N–H and O–H groups in total. The van der Waals surface area contributed by atoms with Gasteiger partial charge in [-0.1, -0.05) is 11.6 Å². The Morgan fingerprint density at radius 1 is 1.23 bits per heavy atom. The van der Waals surface area contributed by atoms with E-state index in [0.29, 0.717) is 46.8 Å². The summed E-state index contributed by atoms with van der Waals surface area (Å²) in [5.74, 6) is 0.528. The van der Waals surface area contributed by atoms with Crippen molar-refractivity contribution >= 4 is 23.5 Å². The molecule has 0 aliphatic carbocycles. The van der Waals surface area contributed by atoms with E-state index in [-0.39, 0.29) is 24.4 Å². The second-order valence-corrected chi connectivity index (χ2v) is 6.42. The van der Waals surface area contributed by atoms with Gasteiger partial charge in [-0.25, -0.2) is 4.79 Å². The highest BCUT2D eigenvalue weighted by atomic mass is 35.5. The molecule has 0 saturated heterocycles. The van der Waals surface area contributed by atoms with E-state index in [0.717, 1.165) is 0 Å². The maximum atomic E-state index is 12.5. The van der Waals surface area contributed by atoms with Crippen LogP contribution in [0.15, 0.2) is 22.6 Å². The van der Waals surface area contributed by atoms with Crippen LogP contribution >= 0.6 is 11.6 Å². The first kappa shape index (κ1) is 18.1. The smallest absolute Gasteiger partial charge is 0.339 e. The van der Waals surface area contributed by atoms with Crippen molar-refractivity contribution in [3.05, 3.63) is 45.9 Å². The lowest BCUT2D eigenvalue weighted by Gasteiger charge is -2.21. The van der Waals surface area contributed by atoms with Gasteiger partial charge in [-0.15, -0.1) is 0 Å². The number of carbonyl (C=O) groups excluding carboxylic acids is 1. The Kier molecular flexibility index (Phi) is 5.08. The van der Waals surface area contributed by atoms with E-state index in [1.807, 2.05) is 0 Å². The molecule has 0 saturated carbocycles. The van der Waals surface area contributed by atoms with Crippen LogP contribution in [0.3, 0.4) is 0 Å². The van der Waals surface area contributed by atoms with E-state index in [4.69, 9.17) is 30.6 Å². The summed E-state index contributed by atoms with van der Waals surface area (Å²) in [5.41, 5.74) is 0.803. The fraction of sp³-hybridized carbons (Fsp3) is 0.333. The number of ether oxygens (including phenoxy) is 2. The van der Waals surface area contributed by atoms with Crippen molar-refractivity contribution in [2.75, 3.05) is 20.3 Å². The quantitative estimate of drug-likeness (QED) is 0.859. The number of likely N-dealkylation sites (N-methyl/N-ethyl adjacent to an activating group) is 1. The minimum Gasteiger partial charge on any atom is -0.486 e. The molecule has 1 aromatic heterocycles. The Morgan fingerprint density at radius 2 is 1.96 bits per heavy atom. The second-order valence-electron chi connectivity index (χ2n) is 6.02. The molecule has 0 unspecified atom stereocenters. The third-order valence-corrected chi connectivity index (χ3v) is 4.31. The van der Waals surface area contributed by atoms with Crippen LogP contribution in [-0.2, 0) is 17.8 Å². The highest BCUT2D eigenvalue weighted by Crippen LogP contribution is 2.38. The van der Waals surface area contributed by atoms with Gasteiger partial charge in [0, 0.05) is 7.05 Å². The van der Waals surface area contributed by atoms with Gasteiger partial charge in [-0.3, -0.25) is 4.79 Å². The number of aryl methyl sites for hydroxylation is 1. The molecule has 2 heterocycles. The second kappa shape index (κ2) is 7.29. The van der Waals surface area contributed by atoms with Gasteiger partial charge in [0.05, 0.1) is 18.0 Å². The highest BCUT2D eigenvalue weighted by molar-refractivity contribution is 6.32. The molecular weight excluding hydrogens is 362 g/mol. The first-order valence-corrected chi connectivity index (χ1v) is 8.37. The van der Waals surface area contributed by atoms with Crippen LogP contribution in [0.4, 0.5) is 0 Å². The molecular formula is C18H18ClNO6. The minimum atomic E-state index is -1.06. The van der Waals surface area contributed by atoms with Crippen molar-refractivity contribution in [3.63, 3.8) is 0 Å². The maximum absolute atomic E-state index is 12.5. The van der Waals surface area contributed by atoms with Crippen molar-refractivity contribution in [1.82, 2.24) is 4.90 Å². The molecule has 0 atom stereocenters. The molecule has 1 aliphatic rings. The van der Waals surface area contributed by atoms with E-state index in [9.17, 15) is 9.59 Å². The average molecular weight is 380 g/mol. The van der Waals surface area contributed by atoms with Crippen LogP contribution < -0.4 is 9.47 Å². The molecule has 0 bridgehead atoms. The maximum Gasteiger partial charge on any atom is 0.339 e. The van der Waals surface area contributed by atoms with Gasteiger partial charge in [-0.05, 0) is 30.7 Å². The summed E-state index contributed by atoms with van der Waals surface area (Å²) in [4.78, 5) is 25.0. The molecule has 0 radical (unpaired) electrons. The molecule has 2 aromatic rings. The number of rotatable bonds is 5. The van der Waals surface area contributed by atoms with Crippen LogP contribution in [0.1, 0.15) is 27.4 Å². The number of aromatic carboxylic acids is 1. The summed E-state index contributed by atoms with van der Waals surface area (Å²) in [5, 5.41) is 9.47. The van der Waals surface area contributed by atoms with Gasteiger partial charge in [0.2, 0.25) is 5.91 Å². The van der Waals surface area contributed by atoms with Crippen LogP contribution in [0.25, 0.3) is 0 Å². The van der Waals surface area contributed by atoms with Crippen LogP contribution in [0.2, 0.25) is 5.02 Å². The number of halogens is 1. The Morgan fingerprint density at radius 3 is 2.65 bits per heavy atom. The zero-order valence-corrected chi connectivity index (χ0v) is 15.1. The molecule has 1 aliphatic heterocycles. The Hall–Kier alpha value is -2.67. The lowest BCUT2D eigenvalue weighted by atomic mass is 10.1. The van der Waals surface area contributed by atoms with Crippen molar-refractivity contribution in [2.24, 2.45) is 0 Å². The topological polar surface area (TPSA) is 89.2 Å². The number of benzene rings is 1. The Balaban J connectivity index is 1.69. The van der Waals surface area contributed by atoms with Gasteiger partial charge in [-0.2, -0.15) is 0 Å². The van der Waals surface area contributed by atoms with E-state index >= 15 is 0 Å². The summed E-state index contributed by atoms with van der Waals surface area (Å²) in [7, 11) is 1.63. The number of nitrogens with zero attached hydrogens (tertiary/aromatic N) is 1. The molecule has 26 heavy (non-hydrogen) atoms. The zero-order valence-electron chi connectivity index (χ0n) is 14.4. The number of hydrogen-bond donors (Lipinski definition) is 1. The molecule has 3 rings (SSSR count). The summed E-state index contributed by atoms with van der Waals surface area (Å²) in [6.07, 6.45) is 0.123. The zero-order chi connectivity index (χ0) is 18.8. The standard InChI is InChI=1S/C18H18ClNO6/c1-10-13(18(22)23)8-12(26-10)9-20(2)16(21)7-11-5-14(19)17-15(6-11)24-3-4-25-17/h5-6,8H,3-4,7,9H2,1-2H3,(H,22,23). The normalized spacial score (nSPS) is 12.7. The van der Waals surface area contributed by atoms with Gasteiger partial charge >= 0.3 is 5.97 Å². The van der Waals surface area contributed by atoms with Crippen LogP contribution in [0.5, 0.6) is 11.5 Å². The molecule has 0 spiro atoms. The number of carboxylic acids is 1. The number of carboxylic acid groups (broad SMARTS) is 1. The van der Waals surface area contributed by atoms with E-state index < -0.39 is 5.97 Å². The van der Waals surface area contributed by atoms with Crippen LogP contribution in [0, 0.1) is 6.92 Å². The number of fused-ring (bicyclic) bond motifs is 1. The Bertz CT molecular complexity index is 860. The van der Waals surface area contributed by atoms with Gasteiger partial charge < -0.3 is 23.9 Å². The van der Waals surface area contributed by atoms with Crippen molar-refractivity contribution in [1.29, 1.82) is 0 Å². The van der Waals surface area contributed by atoms with Crippen molar-refractivity contribution in [2.45, 2.75) is 19.9 Å². The van der Waals surface area contributed by atoms with E-state index in [2.05, 4.69) is 0 Å². The minimum absolute atomic E-state index is 0.0967. The summed E-state index contributed by atoms with van der Waals surface area (Å²) in [6.45, 7) is 2.62. The fourth-order valence-corrected chi connectivity index (χ4v) is 3.02. The third kappa shape index (κ3) is 3.77. The number of furan rings is 1. The third-order valence-electron chi connectivity index (χ3n) is 4.03. The van der Waals surface area contributed by atoms with Crippen molar-refractivity contribution < 1.29 is 28.6 Å². The summed E-state index contributed by atoms with van der Waals surface area (Å²) >= 11 is 6.19. The summed E-state index contributed by atoms with van der Waals surface area (Å²) in [6, 6.07) is 4.86. The number of hydrogen-bond acceptors (Lipinski definition) is 5. The fourth-order valence-electron chi connectivity index (χ4n) is 2.73. The highest BCUT2D eigenvalue weighted by Gasteiger charge is 2.20. The van der Waals surface area contributed by atoms with Gasteiger partial charge in [0.15, 0.2) is 11.5 Å². The van der Waals surface area contributed by atoms with Crippen LogP contribution in [-0.4, -0.2) is 42.1 Å². The van der Waals surface area contributed by atoms with Gasteiger partial charge in [0.25, 0.3) is 0 Å². The molecule has 0 fully saturated rings. The van der Waals surface area contributed by atoms with Gasteiger partial charge in [0.1, 0.15) is 30.3 Å². The van der Waals surface area contributed by atoms with Crippen molar-refractivity contribution in [3.8, 4) is 11.5 Å². The molecule has 7 nitrogen and oxygen atoms in total. The molecule has 138 valence electrons. The molecule has 8 heteroatoms. The first-order valence-electron chi connectivity index (χ1n) is 7.99.